The van der Waals surface area contributed by atoms with Crippen LogP contribution >= 0.6 is 11.3 Å². The number of fused-ring (bicyclic) bond motifs is 1. The fraction of sp³-hybridized carbons (Fsp3) is 0.0909. The Balaban J connectivity index is 1.42. The van der Waals surface area contributed by atoms with E-state index in [9.17, 15) is 4.79 Å². The largest absolute Gasteiger partial charge is 0.497 e. The molecule has 1 amide bonds. The van der Waals surface area contributed by atoms with Crippen molar-refractivity contribution < 1.29 is 14.3 Å². The standard InChI is InChI=1S/C22H18N2O3S/c1-26-17-5-3-7-19(12-17)27-18-6-2-4-15(10-18)13-23-22(25)16-8-9-20-21(11-16)28-14-24-20/h2-12,14H,13H2,1H3,(H,23,25). The first-order chi connectivity index (χ1) is 13.7. The van der Waals surface area contributed by atoms with Gasteiger partial charge in [-0.25, -0.2) is 4.98 Å². The lowest BCUT2D eigenvalue weighted by Gasteiger charge is -2.10. The van der Waals surface area contributed by atoms with Crippen LogP contribution in [-0.2, 0) is 6.54 Å². The van der Waals surface area contributed by atoms with Gasteiger partial charge in [0.2, 0.25) is 0 Å². The minimum absolute atomic E-state index is 0.116. The number of aromatic nitrogens is 1. The molecule has 1 heterocycles. The van der Waals surface area contributed by atoms with Gasteiger partial charge in [-0.15, -0.1) is 11.3 Å². The molecule has 0 fully saturated rings. The molecule has 28 heavy (non-hydrogen) atoms. The van der Waals surface area contributed by atoms with Crippen LogP contribution in [0, 0.1) is 0 Å². The molecule has 4 aromatic rings. The number of hydrogen-bond acceptors (Lipinski definition) is 5. The molecule has 1 aromatic heterocycles. The van der Waals surface area contributed by atoms with Crippen LogP contribution in [0.1, 0.15) is 15.9 Å². The summed E-state index contributed by atoms with van der Waals surface area (Å²) in [6, 6.07) is 20.6. The van der Waals surface area contributed by atoms with Gasteiger partial charge in [0.1, 0.15) is 17.2 Å². The number of thiazole rings is 1. The van der Waals surface area contributed by atoms with Crippen LogP contribution in [0.4, 0.5) is 0 Å². The Morgan fingerprint density at radius 3 is 2.64 bits per heavy atom. The lowest BCUT2D eigenvalue weighted by Crippen LogP contribution is -2.22. The van der Waals surface area contributed by atoms with Gasteiger partial charge in [-0.2, -0.15) is 0 Å². The SMILES string of the molecule is COc1cccc(Oc2cccc(CNC(=O)c3ccc4ncsc4c3)c2)c1. The zero-order chi connectivity index (χ0) is 19.3. The van der Waals surface area contributed by atoms with E-state index < -0.39 is 0 Å². The molecule has 0 aliphatic rings. The molecule has 0 bridgehead atoms. The second kappa shape index (κ2) is 8.10. The van der Waals surface area contributed by atoms with Crippen molar-refractivity contribution in [2.24, 2.45) is 0 Å². The molecule has 140 valence electrons. The van der Waals surface area contributed by atoms with Gasteiger partial charge in [-0.3, -0.25) is 4.79 Å². The van der Waals surface area contributed by atoms with E-state index in [1.807, 2.05) is 60.7 Å². The summed E-state index contributed by atoms with van der Waals surface area (Å²) in [4.78, 5) is 16.7. The smallest absolute Gasteiger partial charge is 0.251 e. The lowest BCUT2D eigenvalue weighted by molar-refractivity contribution is 0.0951. The van der Waals surface area contributed by atoms with Gasteiger partial charge in [0.05, 0.1) is 22.8 Å². The third-order valence-corrected chi connectivity index (χ3v) is 5.01. The Morgan fingerprint density at radius 2 is 1.79 bits per heavy atom. The third-order valence-electron chi connectivity index (χ3n) is 4.22. The van der Waals surface area contributed by atoms with E-state index in [2.05, 4.69) is 10.3 Å². The summed E-state index contributed by atoms with van der Waals surface area (Å²) in [5.74, 6) is 2.01. The highest BCUT2D eigenvalue weighted by Crippen LogP contribution is 2.25. The molecule has 0 atom stereocenters. The predicted molar refractivity (Wildman–Crippen MR) is 110 cm³/mol. The summed E-state index contributed by atoms with van der Waals surface area (Å²) in [5, 5.41) is 2.95. The Bertz CT molecular complexity index is 1120. The van der Waals surface area contributed by atoms with Crippen LogP contribution in [0.2, 0.25) is 0 Å². The van der Waals surface area contributed by atoms with Gasteiger partial charge in [0, 0.05) is 18.2 Å². The maximum absolute atomic E-state index is 12.5. The summed E-state index contributed by atoms with van der Waals surface area (Å²) in [7, 11) is 1.62. The summed E-state index contributed by atoms with van der Waals surface area (Å²) < 4.78 is 12.1. The molecule has 0 saturated heterocycles. The molecule has 5 nitrogen and oxygen atoms in total. The summed E-state index contributed by atoms with van der Waals surface area (Å²) in [6.45, 7) is 0.412. The highest BCUT2D eigenvalue weighted by atomic mass is 32.1. The fourth-order valence-electron chi connectivity index (χ4n) is 2.80. The predicted octanol–water partition coefficient (Wildman–Crippen LogP) is 5.03. The number of amides is 1. The first kappa shape index (κ1) is 18.0. The molecule has 1 N–H and O–H groups in total. The van der Waals surface area contributed by atoms with Gasteiger partial charge in [-0.1, -0.05) is 18.2 Å². The number of rotatable bonds is 6. The molecule has 0 aliphatic carbocycles. The second-order valence-corrected chi connectivity index (χ2v) is 7.03. The highest BCUT2D eigenvalue weighted by Gasteiger charge is 2.08. The monoisotopic (exact) mass is 390 g/mol. The van der Waals surface area contributed by atoms with Crippen LogP contribution in [0.5, 0.6) is 17.2 Å². The van der Waals surface area contributed by atoms with Crippen molar-refractivity contribution in [1.82, 2.24) is 10.3 Å². The summed E-state index contributed by atoms with van der Waals surface area (Å²) >= 11 is 1.52. The minimum Gasteiger partial charge on any atom is -0.497 e. The van der Waals surface area contributed by atoms with E-state index in [-0.39, 0.29) is 5.91 Å². The molecule has 3 aromatic carbocycles. The zero-order valence-corrected chi connectivity index (χ0v) is 16.0. The molecule has 0 radical (unpaired) electrons. The first-order valence-electron chi connectivity index (χ1n) is 8.73. The van der Waals surface area contributed by atoms with Gasteiger partial charge < -0.3 is 14.8 Å². The number of carbonyl (C=O) groups excluding carboxylic acids is 1. The molecule has 0 saturated carbocycles. The van der Waals surface area contributed by atoms with E-state index in [1.165, 1.54) is 11.3 Å². The Hall–Kier alpha value is -3.38. The van der Waals surface area contributed by atoms with Crippen LogP contribution in [0.15, 0.2) is 72.2 Å². The first-order valence-corrected chi connectivity index (χ1v) is 9.61. The molecule has 0 aliphatic heterocycles. The van der Waals surface area contributed by atoms with Crippen molar-refractivity contribution in [3.63, 3.8) is 0 Å². The van der Waals surface area contributed by atoms with Crippen molar-refractivity contribution >= 4 is 27.5 Å². The molecule has 0 unspecified atom stereocenters. The number of methoxy groups -OCH3 is 1. The molecule has 6 heteroatoms. The summed E-state index contributed by atoms with van der Waals surface area (Å²) in [5.41, 5.74) is 4.26. The Labute approximate surface area is 166 Å². The van der Waals surface area contributed by atoms with Gasteiger partial charge >= 0.3 is 0 Å². The molecular weight excluding hydrogens is 372 g/mol. The van der Waals surface area contributed by atoms with Crippen LogP contribution < -0.4 is 14.8 Å². The number of ether oxygens (including phenoxy) is 2. The Morgan fingerprint density at radius 1 is 1.00 bits per heavy atom. The van der Waals surface area contributed by atoms with Crippen molar-refractivity contribution in [3.8, 4) is 17.2 Å². The van der Waals surface area contributed by atoms with Crippen LogP contribution in [0.25, 0.3) is 10.2 Å². The maximum atomic E-state index is 12.5. The van der Waals surface area contributed by atoms with Crippen molar-refractivity contribution in [1.29, 1.82) is 0 Å². The van der Waals surface area contributed by atoms with Crippen LogP contribution in [-0.4, -0.2) is 18.0 Å². The summed E-state index contributed by atoms with van der Waals surface area (Å²) in [6.07, 6.45) is 0. The highest BCUT2D eigenvalue weighted by molar-refractivity contribution is 7.16. The minimum atomic E-state index is -0.116. The van der Waals surface area contributed by atoms with E-state index >= 15 is 0 Å². The van der Waals surface area contributed by atoms with E-state index in [0.29, 0.717) is 23.6 Å². The van der Waals surface area contributed by atoms with Crippen molar-refractivity contribution in [2.75, 3.05) is 7.11 Å². The number of carbonyl (C=O) groups is 1. The number of nitrogens with zero attached hydrogens (tertiary/aromatic N) is 1. The average Bonchev–Trinajstić information content (AvgIpc) is 3.20. The zero-order valence-electron chi connectivity index (χ0n) is 15.2. The lowest BCUT2D eigenvalue weighted by atomic mass is 10.2. The Kier molecular flexibility index (Phi) is 5.21. The van der Waals surface area contributed by atoms with Gasteiger partial charge in [-0.05, 0) is 48.0 Å². The van der Waals surface area contributed by atoms with E-state index in [0.717, 1.165) is 21.5 Å². The molecular formula is C22H18N2O3S. The van der Waals surface area contributed by atoms with Gasteiger partial charge in [0.25, 0.3) is 5.91 Å². The maximum Gasteiger partial charge on any atom is 0.251 e. The average molecular weight is 390 g/mol. The normalized spacial score (nSPS) is 10.6. The second-order valence-electron chi connectivity index (χ2n) is 6.15. The quantitative estimate of drug-likeness (QED) is 0.502. The van der Waals surface area contributed by atoms with Crippen molar-refractivity contribution in [3.05, 3.63) is 83.4 Å². The molecule has 4 rings (SSSR count). The fourth-order valence-corrected chi connectivity index (χ4v) is 3.52. The van der Waals surface area contributed by atoms with Crippen molar-refractivity contribution in [2.45, 2.75) is 6.54 Å². The topological polar surface area (TPSA) is 60.5 Å². The van der Waals surface area contributed by atoms with Gasteiger partial charge in [0.15, 0.2) is 0 Å². The number of benzene rings is 3. The van der Waals surface area contributed by atoms with Crippen LogP contribution in [0.3, 0.4) is 0 Å². The number of nitrogens with one attached hydrogen (secondary N) is 1. The number of hydrogen-bond donors (Lipinski definition) is 1. The van der Waals surface area contributed by atoms with E-state index in [1.54, 1.807) is 18.7 Å². The third kappa shape index (κ3) is 4.13. The molecule has 0 spiro atoms. The van der Waals surface area contributed by atoms with E-state index in [4.69, 9.17) is 9.47 Å².